The number of aliphatic hydroxyl groups excluding tert-OH is 2. The largest absolute Gasteiger partial charge is 0.494 e. The van der Waals surface area contributed by atoms with Crippen LogP contribution in [0.1, 0.15) is 37.4 Å². The van der Waals surface area contributed by atoms with Gasteiger partial charge in [0.25, 0.3) is 0 Å². The molecule has 102 valence electrons. The van der Waals surface area contributed by atoms with E-state index in [0.29, 0.717) is 19.6 Å². The van der Waals surface area contributed by atoms with Gasteiger partial charge in [0.15, 0.2) is 0 Å². The molecule has 0 saturated heterocycles. The Morgan fingerprint density at radius 1 is 1.22 bits per heavy atom. The molecule has 0 spiro atoms. The molecular weight excluding hydrogens is 230 g/mol. The normalized spacial score (nSPS) is 12.4. The van der Waals surface area contributed by atoms with Crippen molar-refractivity contribution in [2.24, 2.45) is 5.73 Å². The summed E-state index contributed by atoms with van der Waals surface area (Å²) in [5, 5.41) is 18.5. The van der Waals surface area contributed by atoms with Crippen LogP contribution in [0.15, 0.2) is 24.3 Å². The van der Waals surface area contributed by atoms with Gasteiger partial charge in [-0.1, -0.05) is 12.1 Å². The highest BCUT2D eigenvalue weighted by Gasteiger charge is 2.07. The second-order valence-corrected chi connectivity index (χ2v) is 4.30. The standard InChI is InChI=1S/C14H23NO3/c15-8-7-14(17)12-5-4-6-13(11-12)18-10-3-1-2-9-16/h4-6,11,14,16-17H,1-3,7-10,15H2. The van der Waals surface area contributed by atoms with E-state index in [0.717, 1.165) is 30.6 Å². The Hall–Kier alpha value is -1.10. The predicted octanol–water partition coefficient (Wildman–Crippen LogP) is 1.61. The van der Waals surface area contributed by atoms with Crippen molar-refractivity contribution in [1.29, 1.82) is 0 Å². The van der Waals surface area contributed by atoms with Crippen molar-refractivity contribution in [3.8, 4) is 5.75 Å². The molecular formula is C14H23NO3. The highest BCUT2D eigenvalue weighted by molar-refractivity contribution is 5.29. The van der Waals surface area contributed by atoms with E-state index in [9.17, 15) is 5.11 Å². The van der Waals surface area contributed by atoms with Crippen molar-refractivity contribution >= 4 is 0 Å². The van der Waals surface area contributed by atoms with Crippen LogP contribution in [0, 0.1) is 0 Å². The zero-order valence-electron chi connectivity index (χ0n) is 10.7. The number of hydrogen-bond acceptors (Lipinski definition) is 4. The topological polar surface area (TPSA) is 75.7 Å². The molecule has 0 aliphatic rings. The van der Waals surface area contributed by atoms with Gasteiger partial charge in [-0.2, -0.15) is 0 Å². The Kier molecular flexibility index (Phi) is 7.41. The summed E-state index contributed by atoms with van der Waals surface area (Å²) in [6.45, 7) is 1.34. The summed E-state index contributed by atoms with van der Waals surface area (Å²) in [5.74, 6) is 0.771. The van der Waals surface area contributed by atoms with E-state index in [2.05, 4.69) is 0 Å². The Bertz CT molecular complexity index is 331. The number of nitrogens with two attached hydrogens (primary N) is 1. The van der Waals surface area contributed by atoms with Crippen molar-refractivity contribution in [2.45, 2.75) is 31.8 Å². The zero-order chi connectivity index (χ0) is 13.2. The fourth-order valence-corrected chi connectivity index (χ4v) is 1.72. The maximum atomic E-state index is 9.82. The zero-order valence-corrected chi connectivity index (χ0v) is 10.7. The molecule has 0 aliphatic carbocycles. The van der Waals surface area contributed by atoms with Crippen LogP contribution in [0.2, 0.25) is 0 Å². The second-order valence-electron chi connectivity index (χ2n) is 4.30. The van der Waals surface area contributed by atoms with Crippen LogP contribution in [0.4, 0.5) is 0 Å². The summed E-state index contributed by atoms with van der Waals surface area (Å²) in [6.07, 6.45) is 2.74. The van der Waals surface area contributed by atoms with Gasteiger partial charge >= 0.3 is 0 Å². The second kappa shape index (κ2) is 8.91. The molecule has 0 amide bonds. The minimum atomic E-state index is -0.520. The van der Waals surface area contributed by atoms with Gasteiger partial charge in [-0.3, -0.25) is 0 Å². The van der Waals surface area contributed by atoms with Crippen LogP contribution in [0.3, 0.4) is 0 Å². The fraction of sp³-hybridized carbons (Fsp3) is 0.571. The summed E-state index contributed by atoms with van der Waals surface area (Å²) >= 11 is 0. The quantitative estimate of drug-likeness (QED) is 0.584. The number of hydrogen-bond donors (Lipinski definition) is 3. The molecule has 1 unspecified atom stereocenters. The van der Waals surface area contributed by atoms with E-state index in [1.807, 2.05) is 24.3 Å². The van der Waals surface area contributed by atoms with Gasteiger partial charge in [0, 0.05) is 6.61 Å². The van der Waals surface area contributed by atoms with Crippen LogP contribution in [0.5, 0.6) is 5.75 Å². The average molecular weight is 253 g/mol. The molecule has 0 heterocycles. The molecule has 1 atom stereocenters. The first-order valence-corrected chi connectivity index (χ1v) is 6.49. The third kappa shape index (κ3) is 5.49. The van der Waals surface area contributed by atoms with Crippen LogP contribution >= 0.6 is 0 Å². The Morgan fingerprint density at radius 3 is 2.78 bits per heavy atom. The SMILES string of the molecule is NCCC(O)c1cccc(OCCCCCO)c1. The molecule has 4 nitrogen and oxygen atoms in total. The Morgan fingerprint density at radius 2 is 2.06 bits per heavy atom. The van der Waals surface area contributed by atoms with Crippen LogP contribution in [-0.4, -0.2) is 30.0 Å². The summed E-state index contributed by atoms with van der Waals surface area (Å²) in [4.78, 5) is 0. The van der Waals surface area contributed by atoms with E-state index < -0.39 is 6.10 Å². The number of unbranched alkanes of at least 4 members (excludes halogenated alkanes) is 2. The Labute approximate surface area is 108 Å². The molecule has 0 aliphatic heterocycles. The van der Waals surface area contributed by atoms with E-state index in [-0.39, 0.29) is 6.61 Å². The lowest BCUT2D eigenvalue weighted by molar-refractivity contribution is 0.169. The molecule has 0 saturated carbocycles. The summed E-state index contributed by atoms with van der Waals surface area (Å²) < 4.78 is 5.60. The third-order valence-electron chi connectivity index (χ3n) is 2.75. The minimum Gasteiger partial charge on any atom is -0.494 e. The van der Waals surface area contributed by atoms with Gasteiger partial charge in [-0.25, -0.2) is 0 Å². The van der Waals surface area contributed by atoms with Crippen molar-refractivity contribution in [3.05, 3.63) is 29.8 Å². The molecule has 4 heteroatoms. The molecule has 0 radical (unpaired) electrons. The fourth-order valence-electron chi connectivity index (χ4n) is 1.72. The first-order valence-electron chi connectivity index (χ1n) is 6.49. The monoisotopic (exact) mass is 253 g/mol. The van der Waals surface area contributed by atoms with Gasteiger partial charge in [0.2, 0.25) is 0 Å². The lowest BCUT2D eigenvalue weighted by Gasteiger charge is -2.12. The number of aliphatic hydroxyl groups is 2. The van der Waals surface area contributed by atoms with E-state index in [1.54, 1.807) is 0 Å². The minimum absolute atomic E-state index is 0.237. The van der Waals surface area contributed by atoms with Crippen LogP contribution < -0.4 is 10.5 Å². The van der Waals surface area contributed by atoms with E-state index >= 15 is 0 Å². The number of ether oxygens (including phenoxy) is 1. The molecule has 4 N–H and O–H groups in total. The van der Waals surface area contributed by atoms with Gasteiger partial charge in [-0.05, 0) is 49.9 Å². The molecule has 0 fully saturated rings. The summed E-state index contributed by atoms with van der Waals surface area (Å²) in [5.41, 5.74) is 6.26. The van der Waals surface area contributed by atoms with Crippen molar-refractivity contribution in [1.82, 2.24) is 0 Å². The molecule has 0 bridgehead atoms. The van der Waals surface area contributed by atoms with Crippen LogP contribution in [0.25, 0.3) is 0 Å². The maximum absolute atomic E-state index is 9.82. The molecule has 1 rings (SSSR count). The average Bonchev–Trinajstić information content (AvgIpc) is 2.39. The molecule has 1 aromatic rings. The first kappa shape index (κ1) is 15.0. The summed E-state index contributed by atoms with van der Waals surface area (Å²) in [7, 11) is 0. The van der Waals surface area contributed by atoms with Crippen molar-refractivity contribution < 1.29 is 14.9 Å². The maximum Gasteiger partial charge on any atom is 0.119 e. The van der Waals surface area contributed by atoms with E-state index in [4.69, 9.17) is 15.6 Å². The van der Waals surface area contributed by atoms with Crippen LogP contribution in [-0.2, 0) is 0 Å². The van der Waals surface area contributed by atoms with Gasteiger partial charge in [0.05, 0.1) is 12.7 Å². The van der Waals surface area contributed by atoms with Gasteiger partial charge < -0.3 is 20.7 Å². The summed E-state index contributed by atoms with van der Waals surface area (Å²) in [6, 6.07) is 7.48. The highest BCUT2D eigenvalue weighted by Crippen LogP contribution is 2.21. The van der Waals surface area contributed by atoms with Gasteiger partial charge in [0.1, 0.15) is 5.75 Å². The third-order valence-corrected chi connectivity index (χ3v) is 2.75. The number of rotatable bonds is 9. The lowest BCUT2D eigenvalue weighted by Crippen LogP contribution is -2.07. The Balaban J connectivity index is 2.39. The highest BCUT2D eigenvalue weighted by atomic mass is 16.5. The smallest absolute Gasteiger partial charge is 0.119 e. The van der Waals surface area contributed by atoms with Gasteiger partial charge in [-0.15, -0.1) is 0 Å². The molecule has 18 heavy (non-hydrogen) atoms. The van der Waals surface area contributed by atoms with E-state index in [1.165, 1.54) is 0 Å². The lowest BCUT2D eigenvalue weighted by atomic mass is 10.1. The first-order chi connectivity index (χ1) is 8.77. The number of benzene rings is 1. The molecule has 1 aromatic carbocycles. The van der Waals surface area contributed by atoms with Crippen molar-refractivity contribution in [2.75, 3.05) is 19.8 Å². The predicted molar refractivity (Wildman–Crippen MR) is 71.5 cm³/mol. The molecule has 0 aromatic heterocycles. The van der Waals surface area contributed by atoms with Crippen molar-refractivity contribution in [3.63, 3.8) is 0 Å².